The number of carbonyl (C=O) groups excluding carboxylic acids is 2. The Morgan fingerprint density at radius 3 is 2.60 bits per heavy atom. The van der Waals surface area contributed by atoms with Crippen LogP contribution >= 0.6 is 0 Å². The molecule has 1 atom stereocenters. The Morgan fingerprint density at radius 1 is 1.33 bits per heavy atom. The Balaban J connectivity index is 0.00000196. The fraction of sp³-hybridized carbons (Fsp3) is 0.200. The van der Waals surface area contributed by atoms with E-state index < -0.39 is 18.1 Å². The summed E-state index contributed by atoms with van der Waals surface area (Å²) in [5, 5.41) is 2.29. The second kappa shape index (κ2) is 6.10. The summed E-state index contributed by atoms with van der Waals surface area (Å²) in [6.07, 6.45) is 4.28. The highest BCUT2D eigenvalue weighted by molar-refractivity contribution is 5.95. The minimum atomic E-state index is -0.739. The number of carbonyl (C=O) groups is 2. The summed E-state index contributed by atoms with van der Waals surface area (Å²) < 4.78 is 4.23. The molecule has 0 aliphatic carbocycles. The summed E-state index contributed by atoms with van der Waals surface area (Å²) >= 11 is 0. The third-order valence-electron chi connectivity index (χ3n) is 1.36. The van der Waals surface area contributed by atoms with Gasteiger partial charge in [-0.25, -0.2) is 9.59 Å². The maximum atomic E-state index is 10.9. The molecule has 5 heteroatoms. The standard InChI is InChI=1S/C10H5NO3.H2O/c1-2-3-4-5-6-7-8-9(12)14-10(13)11-8;/h1,8H,7H2,(H,11,13);1H2. The summed E-state index contributed by atoms with van der Waals surface area (Å²) in [4.78, 5) is 21.4. The van der Waals surface area contributed by atoms with Gasteiger partial charge in [0, 0.05) is 6.42 Å². The normalized spacial score (nSPS) is 16.6. The van der Waals surface area contributed by atoms with Crippen molar-refractivity contribution >= 4 is 12.1 Å². The van der Waals surface area contributed by atoms with Gasteiger partial charge >= 0.3 is 12.1 Å². The molecule has 1 heterocycles. The summed E-state index contributed by atoms with van der Waals surface area (Å²) in [6.45, 7) is 0. The van der Waals surface area contributed by atoms with E-state index >= 15 is 0 Å². The zero-order valence-corrected chi connectivity index (χ0v) is 7.59. The number of cyclic esters (lactones) is 2. The van der Waals surface area contributed by atoms with Gasteiger partial charge in [0.05, 0.1) is 0 Å². The lowest BCUT2D eigenvalue weighted by molar-refractivity contribution is -0.135. The van der Waals surface area contributed by atoms with Crippen molar-refractivity contribution in [2.45, 2.75) is 12.5 Å². The molecular weight excluding hydrogens is 198 g/mol. The predicted molar refractivity (Wildman–Crippen MR) is 51.0 cm³/mol. The van der Waals surface area contributed by atoms with Gasteiger partial charge in [0.1, 0.15) is 6.04 Å². The Bertz CT molecular complexity index is 424. The van der Waals surface area contributed by atoms with Gasteiger partial charge in [0.15, 0.2) is 0 Å². The molecule has 0 saturated carbocycles. The highest BCUT2D eigenvalue weighted by Gasteiger charge is 2.31. The van der Waals surface area contributed by atoms with E-state index in [1.165, 1.54) is 0 Å². The number of ether oxygens (including phenoxy) is 1. The molecule has 5 nitrogen and oxygen atoms in total. The quantitative estimate of drug-likeness (QED) is 0.332. The molecule has 0 spiro atoms. The van der Waals surface area contributed by atoms with E-state index in [0.717, 1.165) is 0 Å². The fourth-order valence-corrected chi connectivity index (χ4v) is 0.792. The molecule has 1 unspecified atom stereocenters. The molecular formula is C10H7NO4. The van der Waals surface area contributed by atoms with E-state index in [1.807, 2.05) is 0 Å². The molecule has 0 radical (unpaired) electrons. The molecule has 0 bridgehead atoms. The van der Waals surface area contributed by atoms with Crippen molar-refractivity contribution in [3.05, 3.63) is 0 Å². The average molecular weight is 205 g/mol. The van der Waals surface area contributed by atoms with Crippen molar-refractivity contribution < 1.29 is 19.8 Å². The number of nitrogens with one attached hydrogen (secondary N) is 1. The zero-order chi connectivity index (χ0) is 10.4. The highest BCUT2D eigenvalue weighted by atomic mass is 16.6. The van der Waals surface area contributed by atoms with E-state index in [4.69, 9.17) is 6.42 Å². The Morgan fingerprint density at radius 2 is 2.07 bits per heavy atom. The summed E-state index contributed by atoms with van der Waals surface area (Å²) in [5.74, 6) is 11.2. The molecule has 15 heavy (non-hydrogen) atoms. The molecule has 3 N–H and O–H groups in total. The second-order valence-electron chi connectivity index (χ2n) is 2.31. The Hall–Kier alpha value is -2.42. The maximum Gasteiger partial charge on any atom is 0.415 e. The number of esters is 1. The van der Waals surface area contributed by atoms with Crippen LogP contribution in [0.5, 0.6) is 0 Å². The Kier molecular flexibility index (Phi) is 5.11. The van der Waals surface area contributed by atoms with Gasteiger partial charge in [-0.15, -0.1) is 6.42 Å². The van der Waals surface area contributed by atoms with Crippen molar-refractivity contribution in [3.8, 4) is 36.0 Å². The van der Waals surface area contributed by atoms with Crippen molar-refractivity contribution in [2.24, 2.45) is 0 Å². The van der Waals surface area contributed by atoms with Crippen LogP contribution in [0.15, 0.2) is 0 Å². The van der Waals surface area contributed by atoms with Crippen LogP contribution < -0.4 is 5.32 Å². The number of amides is 1. The number of alkyl carbamates (subject to hydrolysis) is 1. The lowest BCUT2D eigenvalue weighted by Gasteiger charge is -1.96. The zero-order valence-electron chi connectivity index (χ0n) is 7.59. The highest BCUT2D eigenvalue weighted by Crippen LogP contribution is 2.02. The van der Waals surface area contributed by atoms with Gasteiger partial charge in [-0.1, -0.05) is 5.92 Å². The van der Waals surface area contributed by atoms with Crippen LogP contribution in [0.25, 0.3) is 0 Å². The minimum Gasteiger partial charge on any atom is -0.412 e. The predicted octanol–water partition coefficient (Wildman–Crippen LogP) is -1.17. The maximum absolute atomic E-state index is 10.9. The Labute approximate surface area is 86.5 Å². The molecule has 0 aromatic heterocycles. The second-order valence-corrected chi connectivity index (χ2v) is 2.31. The number of terminal acetylenes is 1. The van der Waals surface area contributed by atoms with Crippen LogP contribution in [0.3, 0.4) is 0 Å². The van der Waals surface area contributed by atoms with Crippen LogP contribution in [-0.4, -0.2) is 23.6 Å². The fourth-order valence-electron chi connectivity index (χ4n) is 0.792. The van der Waals surface area contributed by atoms with Crippen molar-refractivity contribution in [1.82, 2.24) is 5.32 Å². The number of hydrogen-bond donors (Lipinski definition) is 1. The van der Waals surface area contributed by atoms with E-state index in [0.29, 0.717) is 0 Å². The third kappa shape index (κ3) is 3.87. The van der Waals surface area contributed by atoms with Crippen LogP contribution in [0.2, 0.25) is 0 Å². The molecule has 1 rings (SSSR count). The van der Waals surface area contributed by atoms with E-state index in [1.54, 1.807) is 0 Å². The largest absolute Gasteiger partial charge is 0.415 e. The number of hydrogen-bond acceptors (Lipinski definition) is 3. The van der Waals surface area contributed by atoms with E-state index in [-0.39, 0.29) is 11.9 Å². The monoisotopic (exact) mass is 205 g/mol. The number of rotatable bonds is 1. The van der Waals surface area contributed by atoms with Gasteiger partial charge in [0.25, 0.3) is 0 Å². The first-order valence-corrected chi connectivity index (χ1v) is 3.69. The molecule has 1 fully saturated rings. The van der Waals surface area contributed by atoms with E-state index in [2.05, 4.69) is 39.7 Å². The molecule has 0 aromatic carbocycles. The first-order chi connectivity index (χ1) is 6.74. The van der Waals surface area contributed by atoms with Crippen LogP contribution in [-0.2, 0) is 9.53 Å². The SMILES string of the molecule is C#CC#CC#CCC1NC(=O)OC1=O.O. The third-order valence-corrected chi connectivity index (χ3v) is 1.36. The smallest absolute Gasteiger partial charge is 0.412 e. The van der Waals surface area contributed by atoms with Gasteiger partial charge in [-0.2, -0.15) is 0 Å². The van der Waals surface area contributed by atoms with Crippen LogP contribution in [0, 0.1) is 36.0 Å². The lowest BCUT2D eigenvalue weighted by atomic mass is 10.2. The topological polar surface area (TPSA) is 86.9 Å². The van der Waals surface area contributed by atoms with Crippen LogP contribution in [0.4, 0.5) is 4.79 Å². The summed E-state index contributed by atoms with van der Waals surface area (Å²) in [6, 6.07) is -0.692. The molecule has 1 aliphatic heterocycles. The average Bonchev–Trinajstić information content (AvgIpc) is 2.45. The lowest BCUT2D eigenvalue weighted by Crippen LogP contribution is -2.27. The molecule has 76 valence electrons. The van der Waals surface area contributed by atoms with Crippen molar-refractivity contribution in [1.29, 1.82) is 0 Å². The first-order valence-electron chi connectivity index (χ1n) is 3.69. The van der Waals surface area contributed by atoms with Gasteiger partial charge in [-0.05, 0) is 23.7 Å². The van der Waals surface area contributed by atoms with Crippen LogP contribution in [0.1, 0.15) is 6.42 Å². The van der Waals surface area contributed by atoms with Gasteiger partial charge in [-0.3, -0.25) is 0 Å². The molecule has 1 saturated heterocycles. The molecule has 1 amide bonds. The van der Waals surface area contributed by atoms with Crippen molar-refractivity contribution in [2.75, 3.05) is 0 Å². The van der Waals surface area contributed by atoms with E-state index in [9.17, 15) is 9.59 Å². The minimum absolute atomic E-state index is 0. The molecule has 0 aromatic rings. The van der Waals surface area contributed by atoms with Crippen molar-refractivity contribution in [3.63, 3.8) is 0 Å². The summed E-state index contributed by atoms with van der Waals surface area (Å²) in [7, 11) is 0. The van der Waals surface area contributed by atoms with Gasteiger partial charge < -0.3 is 15.5 Å². The van der Waals surface area contributed by atoms with Gasteiger partial charge in [0.2, 0.25) is 0 Å². The molecule has 1 aliphatic rings. The first kappa shape index (κ1) is 12.6. The summed E-state index contributed by atoms with van der Waals surface area (Å²) in [5.41, 5.74) is 0.